The van der Waals surface area contributed by atoms with Gasteiger partial charge in [0.25, 0.3) is 0 Å². The van der Waals surface area contributed by atoms with Gasteiger partial charge >= 0.3 is 0 Å². The molecule has 0 unspecified atom stereocenters. The van der Waals surface area contributed by atoms with Gasteiger partial charge in [0, 0.05) is 69.5 Å². The number of fused-ring (bicyclic) bond motifs is 1. The molecule has 2 aliphatic rings. The Balaban J connectivity index is 1.27. The molecule has 0 bridgehead atoms. The number of nitrogens with zero attached hydrogens (tertiary/aromatic N) is 8. The number of hydrogen-bond donors (Lipinski definition) is 1. The predicted octanol–water partition coefficient (Wildman–Crippen LogP) is 3.42. The molecule has 0 saturated carbocycles. The number of hydrogen-bond acceptors (Lipinski definition) is 9. The molecule has 4 heterocycles. The second-order valence-corrected chi connectivity index (χ2v) is 11.5. The Morgan fingerprint density at radius 1 is 1.17 bits per heavy atom. The van der Waals surface area contributed by atoms with Crippen LogP contribution in [0.5, 0.6) is 0 Å². The average Bonchev–Trinajstić information content (AvgIpc) is 3.58. The zero-order valence-corrected chi connectivity index (χ0v) is 24.1. The van der Waals surface area contributed by atoms with Crippen LogP contribution in [0.4, 0.5) is 25.4 Å². The van der Waals surface area contributed by atoms with Crippen LogP contribution in [0.15, 0.2) is 36.4 Å². The Bertz CT molecular complexity index is 1670. The highest BCUT2D eigenvalue weighted by atomic mass is 32.1. The number of aliphatic hydroxyl groups is 1. The number of carbonyl (C=O) groups excluding carboxylic acids is 1. The lowest BCUT2D eigenvalue weighted by Gasteiger charge is -2.39. The maximum atomic E-state index is 15.5. The van der Waals surface area contributed by atoms with E-state index in [-0.39, 0.29) is 17.2 Å². The smallest absolute Gasteiger partial charge is 0.236 e. The largest absolute Gasteiger partial charge is 0.389 e. The first kappa shape index (κ1) is 28.0. The zero-order valence-electron chi connectivity index (χ0n) is 23.3. The second-order valence-electron chi connectivity index (χ2n) is 10.5. The van der Waals surface area contributed by atoms with E-state index in [9.17, 15) is 19.6 Å². The minimum absolute atomic E-state index is 0.0187. The topological polar surface area (TPSA) is 105 Å². The number of amides is 1. The van der Waals surface area contributed by atoms with Crippen molar-refractivity contribution in [1.29, 1.82) is 5.26 Å². The van der Waals surface area contributed by atoms with E-state index in [0.29, 0.717) is 84.8 Å². The highest BCUT2D eigenvalue weighted by Crippen LogP contribution is 2.39. The SMILES string of the molecule is CCn1nc2c(F)cc(N3CCN(CC(=O)N4CC(O)C4)CC3)cc2c1N(C)c1nc(-c2ccc(F)cc2)c(C#N)s1. The number of anilines is 3. The van der Waals surface area contributed by atoms with Crippen LogP contribution in [-0.2, 0) is 11.3 Å². The molecule has 2 aromatic carbocycles. The van der Waals surface area contributed by atoms with Gasteiger partial charge in [-0.25, -0.2) is 18.4 Å². The van der Waals surface area contributed by atoms with Crippen molar-refractivity contribution in [2.45, 2.75) is 19.6 Å². The summed E-state index contributed by atoms with van der Waals surface area (Å²) in [6.45, 7) is 6.10. The Kier molecular flexibility index (Phi) is 7.53. The Morgan fingerprint density at radius 3 is 2.52 bits per heavy atom. The number of aryl methyl sites for hydroxylation is 1. The fourth-order valence-corrected chi connectivity index (χ4v) is 6.31. The standard InChI is InChI=1S/C29H30F2N8O2S/c1-3-39-28(35(2)29-33-26(24(14-32)42-29)18-4-6-19(30)7-5-18)22-12-20(13-23(31)27(22)34-39)37-10-8-36(9-11-37)17-25(41)38-15-21(40)16-38/h4-7,12-13,21,40H,3,8-11,15-17H2,1-2H3. The lowest BCUT2D eigenvalue weighted by Crippen LogP contribution is -2.57. The first-order chi connectivity index (χ1) is 20.2. The third kappa shape index (κ3) is 5.17. The van der Waals surface area contributed by atoms with Gasteiger partial charge in [0.05, 0.1) is 12.6 Å². The van der Waals surface area contributed by atoms with E-state index in [1.807, 2.05) is 24.9 Å². The van der Waals surface area contributed by atoms with Crippen LogP contribution in [-0.4, -0.2) is 94.5 Å². The molecular weight excluding hydrogens is 562 g/mol. The zero-order chi connectivity index (χ0) is 29.5. The number of carbonyl (C=O) groups is 1. The third-order valence-corrected chi connectivity index (χ3v) is 8.84. The van der Waals surface area contributed by atoms with Crippen LogP contribution in [0.2, 0.25) is 0 Å². The van der Waals surface area contributed by atoms with E-state index in [1.165, 1.54) is 29.5 Å². The van der Waals surface area contributed by atoms with Gasteiger partial charge in [-0.1, -0.05) is 11.3 Å². The Morgan fingerprint density at radius 2 is 1.88 bits per heavy atom. The second kappa shape index (κ2) is 11.3. The molecule has 0 aliphatic carbocycles. The molecule has 218 valence electrons. The molecular formula is C29H30F2N8O2S. The van der Waals surface area contributed by atoms with E-state index in [0.717, 1.165) is 5.69 Å². The highest BCUT2D eigenvalue weighted by Gasteiger charge is 2.31. The average molecular weight is 593 g/mol. The molecule has 13 heteroatoms. The summed E-state index contributed by atoms with van der Waals surface area (Å²) >= 11 is 1.21. The summed E-state index contributed by atoms with van der Waals surface area (Å²) in [6.07, 6.45) is -0.419. The maximum Gasteiger partial charge on any atom is 0.236 e. The van der Waals surface area contributed by atoms with E-state index in [1.54, 1.807) is 21.7 Å². The summed E-state index contributed by atoms with van der Waals surface area (Å²) in [5.41, 5.74) is 2.07. The van der Waals surface area contributed by atoms with Gasteiger partial charge in [-0.2, -0.15) is 10.4 Å². The van der Waals surface area contributed by atoms with Gasteiger partial charge in [0.2, 0.25) is 5.91 Å². The number of nitriles is 1. The minimum Gasteiger partial charge on any atom is -0.389 e. The maximum absolute atomic E-state index is 15.5. The van der Waals surface area contributed by atoms with Gasteiger partial charge in [-0.3, -0.25) is 9.69 Å². The summed E-state index contributed by atoms with van der Waals surface area (Å²) in [5.74, 6) is -0.131. The van der Waals surface area contributed by atoms with Crippen molar-refractivity contribution in [2.24, 2.45) is 0 Å². The molecule has 4 aromatic rings. The molecule has 2 aromatic heterocycles. The van der Waals surface area contributed by atoms with Crippen molar-refractivity contribution in [3.63, 3.8) is 0 Å². The van der Waals surface area contributed by atoms with E-state index >= 15 is 4.39 Å². The van der Waals surface area contributed by atoms with E-state index in [4.69, 9.17) is 4.98 Å². The molecule has 1 amide bonds. The number of aromatic nitrogens is 3. The van der Waals surface area contributed by atoms with Crippen molar-refractivity contribution < 1.29 is 18.7 Å². The highest BCUT2D eigenvalue weighted by molar-refractivity contribution is 7.16. The first-order valence-corrected chi connectivity index (χ1v) is 14.6. The third-order valence-electron chi connectivity index (χ3n) is 7.80. The molecule has 2 saturated heterocycles. The van der Waals surface area contributed by atoms with Crippen molar-refractivity contribution in [3.8, 4) is 17.3 Å². The summed E-state index contributed by atoms with van der Waals surface area (Å²) in [7, 11) is 1.81. The number of aliphatic hydroxyl groups excluding tert-OH is 1. The molecule has 2 aliphatic heterocycles. The molecule has 42 heavy (non-hydrogen) atoms. The first-order valence-electron chi connectivity index (χ1n) is 13.8. The van der Waals surface area contributed by atoms with Gasteiger partial charge in [-0.15, -0.1) is 0 Å². The molecule has 0 radical (unpaired) electrons. The van der Waals surface area contributed by atoms with Crippen LogP contribution >= 0.6 is 11.3 Å². The quantitative estimate of drug-likeness (QED) is 0.348. The lowest BCUT2D eigenvalue weighted by molar-refractivity contribution is -0.142. The van der Waals surface area contributed by atoms with Gasteiger partial charge < -0.3 is 19.8 Å². The van der Waals surface area contributed by atoms with Crippen LogP contribution in [0, 0.1) is 23.0 Å². The monoisotopic (exact) mass is 592 g/mol. The molecule has 6 rings (SSSR count). The number of likely N-dealkylation sites (tertiary alicyclic amines) is 1. The number of piperazine rings is 1. The summed E-state index contributed by atoms with van der Waals surface area (Å²) in [4.78, 5) is 25.2. The molecule has 0 atom stereocenters. The van der Waals surface area contributed by atoms with Crippen molar-refractivity contribution in [1.82, 2.24) is 24.6 Å². The number of benzene rings is 2. The normalized spacial score (nSPS) is 16.1. The molecule has 0 spiro atoms. The van der Waals surface area contributed by atoms with Gasteiger partial charge in [0.15, 0.2) is 10.9 Å². The predicted molar refractivity (Wildman–Crippen MR) is 157 cm³/mol. The van der Waals surface area contributed by atoms with Gasteiger partial charge in [0.1, 0.15) is 33.8 Å². The van der Waals surface area contributed by atoms with Crippen LogP contribution < -0.4 is 9.80 Å². The minimum atomic E-state index is -0.429. The fourth-order valence-electron chi connectivity index (χ4n) is 5.46. The van der Waals surface area contributed by atoms with E-state index in [2.05, 4.69) is 21.0 Å². The van der Waals surface area contributed by atoms with Crippen molar-refractivity contribution in [2.75, 3.05) is 62.7 Å². The summed E-state index contributed by atoms with van der Waals surface area (Å²) in [6, 6.07) is 11.5. The van der Waals surface area contributed by atoms with Gasteiger partial charge in [-0.05, 0) is 43.3 Å². The van der Waals surface area contributed by atoms with Crippen LogP contribution in [0.1, 0.15) is 11.8 Å². The number of β-amino-alcohol motifs (C(OH)–C–C–N with tert-alkyl or cyclic N) is 1. The number of rotatable bonds is 7. The van der Waals surface area contributed by atoms with Crippen LogP contribution in [0.25, 0.3) is 22.2 Å². The fraction of sp³-hybridized carbons (Fsp3) is 0.379. The molecule has 1 N–H and O–H groups in total. The summed E-state index contributed by atoms with van der Waals surface area (Å²) in [5, 5.41) is 25.0. The Hall–Kier alpha value is -4.12. The summed E-state index contributed by atoms with van der Waals surface area (Å²) < 4.78 is 30.7. The number of thiazole rings is 1. The lowest BCUT2D eigenvalue weighted by atomic mass is 10.1. The Labute approximate surface area is 245 Å². The molecule has 2 fully saturated rings. The van der Waals surface area contributed by atoms with Crippen molar-refractivity contribution >= 4 is 44.8 Å². The van der Waals surface area contributed by atoms with E-state index < -0.39 is 11.9 Å². The number of halogens is 2. The van der Waals surface area contributed by atoms with Crippen molar-refractivity contribution in [3.05, 3.63) is 52.9 Å². The molecule has 10 nitrogen and oxygen atoms in total. The van der Waals surface area contributed by atoms with Crippen LogP contribution in [0.3, 0.4) is 0 Å².